The summed E-state index contributed by atoms with van der Waals surface area (Å²) >= 11 is 1.71. The second kappa shape index (κ2) is 2.62. The fraction of sp³-hybridized carbons (Fsp3) is 0.286. The lowest BCUT2D eigenvalue weighted by Crippen LogP contribution is -2.00. The third kappa shape index (κ3) is 1.26. The van der Waals surface area contributed by atoms with Crippen LogP contribution in [0.15, 0.2) is 22.5 Å². The topological polar surface area (TPSA) is 38.1 Å². The van der Waals surface area contributed by atoms with Gasteiger partial charge in [0, 0.05) is 11.5 Å². The Morgan fingerprint density at radius 3 is 3.36 bits per heavy atom. The maximum Gasteiger partial charge on any atom is 0.125 e. The van der Waals surface area contributed by atoms with E-state index in [0.717, 1.165) is 22.2 Å². The van der Waals surface area contributed by atoms with Crippen LogP contribution in [0, 0.1) is 0 Å². The highest BCUT2D eigenvalue weighted by Gasteiger charge is 2.09. The molecule has 0 amide bonds. The Kier molecular flexibility index (Phi) is 1.62. The summed E-state index contributed by atoms with van der Waals surface area (Å²) in [6, 6.07) is 0. The maximum atomic E-state index is 4.32. The van der Waals surface area contributed by atoms with Crippen LogP contribution in [0.4, 0.5) is 5.69 Å². The van der Waals surface area contributed by atoms with Crippen LogP contribution < -0.4 is 0 Å². The molecule has 0 spiro atoms. The fourth-order valence-corrected chi connectivity index (χ4v) is 1.69. The molecule has 2 heterocycles. The van der Waals surface area contributed by atoms with Crippen LogP contribution in [0.1, 0.15) is 6.92 Å². The van der Waals surface area contributed by atoms with Gasteiger partial charge in [-0.3, -0.25) is 4.99 Å². The summed E-state index contributed by atoms with van der Waals surface area (Å²) in [4.78, 5) is 12.3. The van der Waals surface area contributed by atoms with Gasteiger partial charge in [-0.05, 0) is 6.92 Å². The standard InChI is InChI=1S/C7H7N3S/c1-5-3-11-7-6(10-5)2-8-4-9-7/h2,4H,3H2,1H3. The summed E-state index contributed by atoms with van der Waals surface area (Å²) in [6.45, 7) is 2.02. The number of nitrogens with zero attached hydrogens (tertiary/aromatic N) is 3. The summed E-state index contributed by atoms with van der Waals surface area (Å²) in [5.41, 5.74) is 2.04. The zero-order valence-corrected chi connectivity index (χ0v) is 6.93. The average molecular weight is 165 g/mol. The van der Waals surface area contributed by atoms with Gasteiger partial charge in [0.1, 0.15) is 17.0 Å². The minimum absolute atomic E-state index is 0.904. The van der Waals surface area contributed by atoms with E-state index in [0.29, 0.717) is 0 Å². The number of aliphatic imine (C=N–C) groups is 1. The molecule has 0 saturated carbocycles. The van der Waals surface area contributed by atoms with Crippen LogP contribution in [-0.2, 0) is 0 Å². The van der Waals surface area contributed by atoms with Crippen LogP contribution >= 0.6 is 11.8 Å². The molecule has 2 rings (SSSR count). The molecule has 0 bridgehead atoms. The van der Waals surface area contributed by atoms with E-state index in [2.05, 4.69) is 15.0 Å². The minimum atomic E-state index is 0.904. The predicted octanol–water partition coefficient (Wildman–Crippen LogP) is 1.67. The smallest absolute Gasteiger partial charge is 0.125 e. The second-order valence-corrected chi connectivity index (χ2v) is 3.31. The maximum absolute atomic E-state index is 4.32. The van der Waals surface area contributed by atoms with Gasteiger partial charge in [-0.15, -0.1) is 0 Å². The molecule has 4 heteroatoms. The third-order valence-corrected chi connectivity index (χ3v) is 2.54. The van der Waals surface area contributed by atoms with E-state index in [-0.39, 0.29) is 0 Å². The number of aromatic nitrogens is 2. The van der Waals surface area contributed by atoms with Gasteiger partial charge >= 0.3 is 0 Å². The van der Waals surface area contributed by atoms with Crippen molar-refractivity contribution in [1.29, 1.82) is 0 Å². The Morgan fingerprint density at radius 1 is 1.55 bits per heavy atom. The molecular weight excluding hydrogens is 158 g/mol. The van der Waals surface area contributed by atoms with Gasteiger partial charge < -0.3 is 0 Å². The molecule has 0 radical (unpaired) electrons. The van der Waals surface area contributed by atoms with E-state index in [4.69, 9.17) is 0 Å². The summed E-state index contributed by atoms with van der Waals surface area (Å²) < 4.78 is 0. The molecule has 0 unspecified atom stereocenters. The minimum Gasteiger partial charge on any atom is -0.253 e. The Morgan fingerprint density at radius 2 is 2.45 bits per heavy atom. The van der Waals surface area contributed by atoms with Crippen LogP contribution in [0.2, 0.25) is 0 Å². The normalized spacial score (nSPS) is 15.5. The van der Waals surface area contributed by atoms with Crippen molar-refractivity contribution in [3.63, 3.8) is 0 Å². The van der Waals surface area contributed by atoms with Crippen LogP contribution in [0.3, 0.4) is 0 Å². The molecule has 0 saturated heterocycles. The first-order valence-electron chi connectivity index (χ1n) is 3.33. The van der Waals surface area contributed by atoms with E-state index in [1.165, 1.54) is 0 Å². The quantitative estimate of drug-likeness (QED) is 0.549. The van der Waals surface area contributed by atoms with E-state index in [9.17, 15) is 0 Å². The van der Waals surface area contributed by atoms with E-state index < -0.39 is 0 Å². The van der Waals surface area contributed by atoms with Crippen molar-refractivity contribution in [2.75, 3.05) is 5.75 Å². The highest BCUT2D eigenvalue weighted by molar-refractivity contribution is 8.00. The number of hydrogen-bond acceptors (Lipinski definition) is 4. The predicted molar refractivity (Wildman–Crippen MR) is 45.5 cm³/mol. The lowest BCUT2D eigenvalue weighted by atomic mass is 10.4. The highest BCUT2D eigenvalue weighted by Crippen LogP contribution is 2.30. The fourth-order valence-electron chi connectivity index (χ4n) is 0.910. The van der Waals surface area contributed by atoms with Crippen molar-refractivity contribution in [2.24, 2.45) is 4.99 Å². The van der Waals surface area contributed by atoms with Crippen LogP contribution in [-0.4, -0.2) is 21.4 Å². The zero-order chi connectivity index (χ0) is 7.68. The number of fused-ring (bicyclic) bond motifs is 1. The Balaban J connectivity index is 2.51. The Bertz CT molecular complexity index is 308. The van der Waals surface area contributed by atoms with E-state index in [1.807, 2.05) is 6.92 Å². The van der Waals surface area contributed by atoms with Crippen molar-refractivity contribution in [3.05, 3.63) is 12.5 Å². The molecule has 56 valence electrons. The molecule has 0 aliphatic carbocycles. The molecule has 0 fully saturated rings. The second-order valence-electron chi connectivity index (χ2n) is 2.35. The van der Waals surface area contributed by atoms with E-state index >= 15 is 0 Å². The molecule has 0 N–H and O–H groups in total. The molecule has 1 aliphatic rings. The SMILES string of the molecule is CC1=Nc2cncnc2SC1. The summed E-state index contributed by atoms with van der Waals surface area (Å²) in [6.07, 6.45) is 3.31. The molecule has 11 heavy (non-hydrogen) atoms. The van der Waals surface area contributed by atoms with Gasteiger partial charge in [-0.1, -0.05) is 11.8 Å². The number of rotatable bonds is 0. The Hall–Kier alpha value is -0.900. The lowest BCUT2D eigenvalue weighted by Gasteiger charge is -2.09. The molecule has 3 nitrogen and oxygen atoms in total. The Labute approximate surface area is 69.0 Å². The van der Waals surface area contributed by atoms with Crippen molar-refractivity contribution in [3.8, 4) is 0 Å². The summed E-state index contributed by atoms with van der Waals surface area (Å²) in [5, 5.41) is 0.991. The van der Waals surface area contributed by atoms with Gasteiger partial charge in [0.15, 0.2) is 0 Å². The number of thioether (sulfide) groups is 1. The molecule has 1 aromatic heterocycles. The first kappa shape index (κ1) is 6.79. The van der Waals surface area contributed by atoms with Gasteiger partial charge in [0.25, 0.3) is 0 Å². The molecule has 0 atom stereocenters. The van der Waals surface area contributed by atoms with E-state index in [1.54, 1.807) is 24.3 Å². The summed E-state index contributed by atoms with van der Waals surface area (Å²) in [7, 11) is 0. The van der Waals surface area contributed by atoms with Crippen molar-refractivity contribution < 1.29 is 0 Å². The molecule has 1 aliphatic heterocycles. The van der Waals surface area contributed by atoms with Crippen molar-refractivity contribution >= 4 is 23.2 Å². The average Bonchev–Trinajstić information content (AvgIpc) is 2.04. The van der Waals surface area contributed by atoms with Crippen LogP contribution in [0.25, 0.3) is 0 Å². The van der Waals surface area contributed by atoms with Gasteiger partial charge in [-0.2, -0.15) is 0 Å². The highest BCUT2D eigenvalue weighted by atomic mass is 32.2. The monoisotopic (exact) mass is 165 g/mol. The first-order chi connectivity index (χ1) is 5.36. The third-order valence-electron chi connectivity index (χ3n) is 1.39. The molecule has 0 aromatic carbocycles. The summed E-state index contributed by atoms with van der Waals surface area (Å²) in [5.74, 6) is 0.948. The van der Waals surface area contributed by atoms with Gasteiger partial charge in [-0.25, -0.2) is 9.97 Å². The lowest BCUT2D eigenvalue weighted by molar-refractivity contribution is 1.04. The van der Waals surface area contributed by atoms with Crippen LogP contribution in [0.5, 0.6) is 0 Å². The van der Waals surface area contributed by atoms with Gasteiger partial charge in [0.05, 0.1) is 6.20 Å². The van der Waals surface area contributed by atoms with Gasteiger partial charge in [0.2, 0.25) is 0 Å². The first-order valence-corrected chi connectivity index (χ1v) is 4.32. The number of hydrogen-bond donors (Lipinski definition) is 0. The largest absolute Gasteiger partial charge is 0.253 e. The zero-order valence-electron chi connectivity index (χ0n) is 6.11. The molecular formula is C7H7N3S. The molecule has 1 aromatic rings. The van der Waals surface area contributed by atoms with Crippen molar-refractivity contribution in [1.82, 2.24) is 9.97 Å². The van der Waals surface area contributed by atoms with Crippen molar-refractivity contribution in [2.45, 2.75) is 11.9 Å².